The van der Waals surface area contributed by atoms with E-state index in [-0.39, 0.29) is 30.7 Å². The molecule has 8 nitrogen and oxygen atoms in total. The molecule has 2 aliphatic heterocycles. The summed E-state index contributed by atoms with van der Waals surface area (Å²) in [5.41, 5.74) is 0. The van der Waals surface area contributed by atoms with Crippen LogP contribution in [0, 0.1) is 5.92 Å². The normalized spacial score (nSPS) is 25.1. The number of carboxylic acids is 1. The summed E-state index contributed by atoms with van der Waals surface area (Å²) in [5.74, 6) is -1.54. The fraction of sp³-hybridized carbons (Fsp3) is 0.846. The second kappa shape index (κ2) is 6.93. The average Bonchev–Trinajstić information content (AvgIpc) is 2.54. The summed E-state index contributed by atoms with van der Waals surface area (Å²) in [6, 6.07) is -0.946. The zero-order valence-corrected chi connectivity index (χ0v) is 13.4. The van der Waals surface area contributed by atoms with E-state index < -0.39 is 22.0 Å². The number of carbonyl (C=O) groups is 2. The number of morpholine rings is 1. The number of ether oxygens (including phenoxy) is 1. The van der Waals surface area contributed by atoms with Crippen molar-refractivity contribution in [1.82, 2.24) is 9.21 Å². The Labute approximate surface area is 130 Å². The van der Waals surface area contributed by atoms with Gasteiger partial charge < -0.3 is 14.7 Å². The summed E-state index contributed by atoms with van der Waals surface area (Å²) < 4.78 is 30.2. The molecule has 1 atom stereocenters. The lowest BCUT2D eigenvalue weighted by atomic mass is 9.95. The Morgan fingerprint density at radius 1 is 1.23 bits per heavy atom. The lowest BCUT2D eigenvalue weighted by Gasteiger charge is -2.37. The Morgan fingerprint density at radius 2 is 1.86 bits per heavy atom. The quantitative estimate of drug-likeness (QED) is 0.733. The minimum atomic E-state index is -3.23. The average molecular weight is 334 g/mol. The number of carboxylic acid groups (broad SMARTS) is 1. The molecule has 1 unspecified atom stereocenters. The largest absolute Gasteiger partial charge is 0.480 e. The van der Waals surface area contributed by atoms with Crippen LogP contribution in [0.2, 0.25) is 0 Å². The molecular weight excluding hydrogens is 312 g/mol. The molecule has 126 valence electrons. The van der Waals surface area contributed by atoms with Crippen LogP contribution in [0.3, 0.4) is 0 Å². The van der Waals surface area contributed by atoms with Gasteiger partial charge in [-0.2, -0.15) is 0 Å². The van der Waals surface area contributed by atoms with E-state index in [1.54, 1.807) is 6.92 Å². The zero-order chi connectivity index (χ0) is 16.3. The van der Waals surface area contributed by atoms with Gasteiger partial charge in [-0.3, -0.25) is 4.79 Å². The Bertz CT molecular complexity index is 527. The van der Waals surface area contributed by atoms with Gasteiger partial charge in [0.1, 0.15) is 0 Å². The van der Waals surface area contributed by atoms with Crippen molar-refractivity contribution in [3.63, 3.8) is 0 Å². The van der Waals surface area contributed by atoms with Crippen molar-refractivity contribution in [3.8, 4) is 0 Å². The maximum absolute atomic E-state index is 12.5. The summed E-state index contributed by atoms with van der Waals surface area (Å²) in [6.45, 7) is 2.83. The van der Waals surface area contributed by atoms with Crippen molar-refractivity contribution in [2.45, 2.75) is 25.8 Å². The Kier molecular flexibility index (Phi) is 5.41. The highest BCUT2D eigenvalue weighted by Gasteiger charge is 2.38. The minimum absolute atomic E-state index is 0.00410. The molecule has 0 radical (unpaired) electrons. The molecule has 2 saturated heterocycles. The van der Waals surface area contributed by atoms with E-state index in [4.69, 9.17) is 4.74 Å². The van der Waals surface area contributed by atoms with E-state index in [1.807, 2.05) is 0 Å². The van der Waals surface area contributed by atoms with Crippen molar-refractivity contribution >= 4 is 21.9 Å². The van der Waals surface area contributed by atoms with Crippen LogP contribution in [0.25, 0.3) is 0 Å². The molecule has 2 aliphatic rings. The number of sulfonamides is 1. The van der Waals surface area contributed by atoms with E-state index in [0.29, 0.717) is 32.5 Å². The van der Waals surface area contributed by atoms with E-state index in [0.717, 1.165) is 0 Å². The number of hydrogen-bond acceptors (Lipinski definition) is 5. The van der Waals surface area contributed by atoms with E-state index in [9.17, 15) is 23.1 Å². The van der Waals surface area contributed by atoms with Gasteiger partial charge in [-0.1, -0.05) is 0 Å². The van der Waals surface area contributed by atoms with Crippen LogP contribution in [0.4, 0.5) is 0 Å². The highest BCUT2D eigenvalue weighted by Crippen LogP contribution is 2.23. The highest BCUT2D eigenvalue weighted by atomic mass is 32.2. The van der Waals surface area contributed by atoms with Crippen LogP contribution in [-0.2, 0) is 24.3 Å². The lowest BCUT2D eigenvalue weighted by molar-refractivity contribution is -0.160. The Morgan fingerprint density at radius 3 is 2.41 bits per heavy atom. The second-order valence-corrected chi connectivity index (χ2v) is 7.79. The van der Waals surface area contributed by atoms with Crippen molar-refractivity contribution in [2.24, 2.45) is 5.92 Å². The van der Waals surface area contributed by atoms with Crippen LogP contribution in [0.15, 0.2) is 0 Å². The van der Waals surface area contributed by atoms with Gasteiger partial charge >= 0.3 is 5.97 Å². The summed E-state index contributed by atoms with van der Waals surface area (Å²) in [6.07, 6.45) is 0.865. The summed E-state index contributed by atoms with van der Waals surface area (Å²) in [4.78, 5) is 25.1. The third-order valence-corrected chi connectivity index (χ3v) is 6.14. The molecule has 2 heterocycles. The highest BCUT2D eigenvalue weighted by molar-refractivity contribution is 7.89. The van der Waals surface area contributed by atoms with Crippen LogP contribution in [0.1, 0.15) is 19.8 Å². The monoisotopic (exact) mass is 334 g/mol. The summed E-state index contributed by atoms with van der Waals surface area (Å²) in [7, 11) is -3.23. The maximum atomic E-state index is 12.5. The molecule has 0 spiro atoms. The van der Waals surface area contributed by atoms with Gasteiger partial charge in [0.2, 0.25) is 15.9 Å². The second-order valence-electron chi connectivity index (χ2n) is 5.53. The van der Waals surface area contributed by atoms with Crippen molar-refractivity contribution in [3.05, 3.63) is 0 Å². The van der Waals surface area contributed by atoms with Gasteiger partial charge in [-0.15, -0.1) is 0 Å². The third kappa shape index (κ3) is 3.58. The molecule has 22 heavy (non-hydrogen) atoms. The first-order valence-electron chi connectivity index (χ1n) is 7.45. The standard InChI is InChI=1S/C13H22N2O6S/c1-2-22(19,20)14-5-3-10(4-6-14)12(16)15-7-8-21-9-11(15)13(17)18/h10-11H,2-9H2,1H3,(H,17,18). The van der Waals surface area contributed by atoms with Gasteiger partial charge in [0.05, 0.1) is 19.0 Å². The van der Waals surface area contributed by atoms with Crippen LogP contribution in [0.5, 0.6) is 0 Å². The van der Waals surface area contributed by atoms with Crippen molar-refractivity contribution in [1.29, 1.82) is 0 Å². The van der Waals surface area contributed by atoms with Crippen molar-refractivity contribution < 1.29 is 27.9 Å². The van der Waals surface area contributed by atoms with Gasteiger partial charge in [0.25, 0.3) is 0 Å². The Hall–Kier alpha value is -1.19. The maximum Gasteiger partial charge on any atom is 0.328 e. The molecule has 0 aromatic rings. The third-order valence-electron chi connectivity index (χ3n) is 4.26. The number of piperidine rings is 1. The molecular formula is C13H22N2O6S. The topological polar surface area (TPSA) is 104 Å². The zero-order valence-electron chi connectivity index (χ0n) is 12.6. The van der Waals surface area contributed by atoms with Gasteiger partial charge in [-0.25, -0.2) is 17.5 Å². The predicted molar refractivity (Wildman–Crippen MR) is 77.7 cm³/mol. The molecule has 9 heteroatoms. The summed E-state index contributed by atoms with van der Waals surface area (Å²) >= 11 is 0. The SMILES string of the molecule is CCS(=O)(=O)N1CCC(C(=O)N2CCOCC2C(=O)O)CC1. The number of amides is 1. The van der Waals surface area contributed by atoms with Gasteiger partial charge in [0, 0.05) is 25.6 Å². The molecule has 0 saturated carbocycles. The fourth-order valence-corrected chi connectivity index (χ4v) is 4.00. The van der Waals surface area contributed by atoms with E-state index in [1.165, 1.54) is 9.21 Å². The smallest absolute Gasteiger partial charge is 0.328 e. The fourth-order valence-electron chi connectivity index (χ4n) is 2.87. The lowest BCUT2D eigenvalue weighted by Crippen LogP contribution is -2.55. The van der Waals surface area contributed by atoms with E-state index >= 15 is 0 Å². The predicted octanol–water partition coefficient (Wildman–Crippen LogP) is -0.640. The molecule has 1 N–H and O–H groups in total. The molecule has 0 aromatic heterocycles. The minimum Gasteiger partial charge on any atom is -0.480 e. The van der Waals surface area contributed by atoms with Gasteiger partial charge in [-0.05, 0) is 19.8 Å². The van der Waals surface area contributed by atoms with Crippen LogP contribution in [-0.4, -0.2) is 79.2 Å². The molecule has 0 bridgehead atoms. The number of rotatable bonds is 4. The number of carbonyl (C=O) groups excluding carboxylic acids is 1. The number of aliphatic carboxylic acids is 1. The number of hydrogen-bond donors (Lipinski definition) is 1. The Balaban J connectivity index is 1.98. The van der Waals surface area contributed by atoms with Gasteiger partial charge in [0.15, 0.2) is 6.04 Å². The first kappa shape index (κ1) is 17.2. The molecule has 1 amide bonds. The molecule has 0 aliphatic carbocycles. The molecule has 2 rings (SSSR count). The number of nitrogens with zero attached hydrogens (tertiary/aromatic N) is 2. The van der Waals surface area contributed by atoms with Crippen LogP contribution < -0.4 is 0 Å². The van der Waals surface area contributed by atoms with Crippen molar-refractivity contribution in [2.75, 3.05) is 38.6 Å². The van der Waals surface area contributed by atoms with Crippen LogP contribution >= 0.6 is 0 Å². The first-order chi connectivity index (χ1) is 10.4. The summed E-state index contributed by atoms with van der Waals surface area (Å²) in [5, 5.41) is 9.18. The molecule has 0 aromatic carbocycles. The molecule has 2 fully saturated rings. The first-order valence-corrected chi connectivity index (χ1v) is 9.06. The van der Waals surface area contributed by atoms with E-state index in [2.05, 4.69) is 0 Å².